The number of piperazine rings is 1. The van der Waals surface area contributed by atoms with Crippen molar-refractivity contribution >= 4 is 5.71 Å². The third-order valence-electron chi connectivity index (χ3n) is 7.46. The van der Waals surface area contributed by atoms with Gasteiger partial charge in [-0.3, -0.25) is 9.89 Å². The van der Waals surface area contributed by atoms with Gasteiger partial charge in [0.2, 0.25) is 0 Å². The number of methoxy groups -OCH3 is 2. The topological polar surface area (TPSA) is 37.3 Å². The van der Waals surface area contributed by atoms with Crippen molar-refractivity contribution in [2.45, 2.75) is 44.2 Å². The number of rotatable bonds is 5. The Hall–Kier alpha value is -2.37. The van der Waals surface area contributed by atoms with Crippen LogP contribution in [0.4, 0.5) is 0 Å². The van der Waals surface area contributed by atoms with Gasteiger partial charge in [-0.15, -0.1) is 0 Å². The minimum absolute atomic E-state index is 0.370. The largest absolute Gasteiger partial charge is 0.493 e. The minimum Gasteiger partial charge on any atom is -0.493 e. The summed E-state index contributed by atoms with van der Waals surface area (Å²) in [6, 6.07) is 13.8. The number of likely N-dealkylation sites (N-methyl/N-ethyl adjacent to an activating group) is 1. The fraction of sp³-hybridized carbons (Fsp3) is 0.519. The number of ether oxygens (including phenoxy) is 2. The van der Waals surface area contributed by atoms with Gasteiger partial charge >= 0.3 is 0 Å². The van der Waals surface area contributed by atoms with E-state index in [4.69, 9.17) is 14.5 Å². The van der Waals surface area contributed by atoms with Crippen molar-refractivity contribution < 1.29 is 9.47 Å². The SMILES string of the molecule is COc1cc2c(cc1OC)[C@H]1CCCC[C@H]1N=C2c1ccc(CN2CCN(C)CC2)cc1. The van der Waals surface area contributed by atoms with Crippen molar-refractivity contribution in [3.8, 4) is 11.5 Å². The molecule has 5 rings (SSSR count). The van der Waals surface area contributed by atoms with Crippen LogP contribution < -0.4 is 9.47 Å². The molecule has 1 saturated heterocycles. The smallest absolute Gasteiger partial charge is 0.161 e. The van der Waals surface area contributed by atoms with E-state index in [2.05, 4.69) is 53.2 Å². The van der Waals surface area contributed by atoms with Gasteiger partial charge in [0.1, 0.15) is 0 Å². The van der Waals surface area contributed by atoms with Crippen molar-refractivity contribution in [1.82, 2.24) is 9.80 Å². The van der Waals surface area contributed by atoms with Crippen LogP contribution in [0.15, 0.2) is 41.4 Å². The Bertz CT molecular complexity index is 977. The summed E-state index contributed by atoms with van der Waals surface area (Å²) in [6.07, 6.45) is 4.92. The highest BCUT2D eigenvalue weighted by atomic mass is 16.5. The van der Waals surface area contributed by atoms with Gasteiger partial charge < -0.3 is 14.4 Å². The second-order valence-corrected chi connectivity index (χ2v) is 9.51. The highest BCUT2D eigenvalue weighted by Crippen LogP contribution is 2.44. The van der Waals surface area contributed by atoms with Gasteiger partial charge in [-0.2, -0.15) is 0 Å². The van der Waals surface area contributed by atoms with Crippen LogP contribution in [-0.4, -0.2) is 69.0 Å². The molecule has 0 unspecified atom stereocenters. The van der Waals surface area contributed by atoms with Crippen LogP contribution in [0.3, 0.4) is 0 Å². The van der Waals surface area contributed by atoms with E-state index in [1.807, 2.05) is 0 Å². The molecule has 0 amide bonds. The van der Waals surface area contributed by atoms with Gasteiger partial charge in [-0.25, -0.2) is 0 Å². The van der Waals surface area contributed by atoms with Crippen LogP contribution in [0.1, 0.15) is 53.9 Å². The van der Waals surface area contributed by atoms with E-state index in [1.165, 1.54) is 47.9 Å². The Kier molecular flexibility index (Phi) is 6.20. The molecule has 0 aromatic heterocycles. The zero-order chi connectivity index (χ0) is 22.1. The zero-order valence-corrected chi connectivity index (χ0v) is 19.6. The average molecular weight is 434 g/mol. The van der Waals surface area contributed by atoms with Gasteiger partial charge in [-0.05, 0) is 43.1 Å². The third-order valence-corrected chi connectivity index (χ3v) is 7.46. The highest BCUT2D eigenvalue weighted by Gasteiger charge is 2.34. The Balaban J connectivity index is 1.45. The van der Waals surface area contributed by atoms with E-state index >= 15 is 0 Å². The van der Waals surface area contributed by atoms with Gasteiger partial charge in [-0.1, -0.05) is 37.1 Å². The first-order valence-electron chi connectivity index (χ1n) is 12.0. The van der Waals surface area contributed by atoms with Crippen LogP contribution in [0.25, 0.3) is 0 Å². The molecule has 1 aliphatic carbocycles. The molecule has 2 aliphatic heterocycles. The number of fused-ring (bicyclic) bond motifs is 3. The van der Waals surface area contributed by atoms with Crippen LogP contribution in [-0.2, 0) is 6.54 Å². The van der Waals surface area contributed by atoms with Crippen molar-refractivity contribution in [3.05, 3.63) is 58.7 Å². The number of hydrogen-bond acceptors (Lipinski definition) is 5. The fourth-order valence-corrected chi connectivity index (χ4v) is 5.53. The highest BCUT2D eigenvalue weighted by molar-refractivity contribution is 6.15. The normalized spacial score (nSPS) is 23.8. The van der Waals surface area contributed by atoms with E-state index in [-0.39, 0.29) is 0 Å². The molecule has 0 bridgehead atoms. The quantitative estimate of drug-likeness (QED) is 0.703. The molecule has 2 heterocycles. The van der Waals surface area contributed by atoms with Crippen molar-refractivity contribution in [3.63, 3.8) is 0 Å². The lowest BCUT2D eigenvalue weighted by Gasteiger charge is -2.36. The molecule has 0 spiro atoms. The second-order valence-electron chi connectivity index (χ2n) is 9.51. The number of aliphatic imine (C=N–C) groups is 1. The van der Waals surface area contributed by atoms with Crippen molar-refractivity contribution in [2.24, 2.45) is 4.99 Å². The summed E-state index contributed by atoms with van der Waals surface area (Å²) in [5.74, 6) is 2.08. The molecular formula is C27H35N3O2. The van der Waals surface area contributed by atoms with E-state index in [0.29, 0.717) is 12.0 Å². The lowest BCUT2D eigenvalue weighted by Crippen LogP contribution is -2.43. The molecule has 2 aromatic carbocycles. The molecule has 1 saturated carbocycles. The number of nitrogens with zero attached hydrogens (tertiary/aromatic N) is 3. The molecule has 170 valence electrons. The predicted octanol–water partition coefficient (Wildman–Crippen LogP) is 4.33. The molecule has 2 aromatic rings. The maximum Gasteiger partial charge on any atom is 0.161 e. The second kappa shape index (κ2) is 9.24. The van der Waals surface area contributed by atoms with Gasteiger partial charge in [0, 0.05) is 49.8 Å². The van der Waals surface area contributed by atoms with Gasteiger partial charge in [0.05, 0.1) is 26.0 Å². The molecule has 2 fully saturated rings. The lowest BCUT2D eigenvalue weighted by atomic mass is 9.75. The lowest BCUT2D eigenvalue weighted by molar-refractivity contribution is 0.148. The number of benzene rings is 2. The predicted molar refractivity (Wildman–Crippen MR) is 129 cm³/mol. The first-order valence-corrected chi connectivity index (χ1v) is 12.0. The van der Waals surface area contributed by atoms with Gasteiger partial charge in [0.25, 0.3) is 0 Å². The van der Waals surface area contributed by atoms with E-state index in [9.17, 15) is 0 Å². The average Bonchev–Trinajstić information content (AvgIpc) is 2.84. The van der Waals surface area contributed by atoms with E-state index in [0.717, 1.165) is 49.9 Å². The van der Waals surface area contributed by atoms with E-state index < -0.39 is 0 Å². The van der Waals surface area contributed by atoms with Crippen molar-refractivity contribution in [2.75, 3.05) is 47.4 Å². The molecule has 0 radical (unpaired) electrons. The van der Waals surface area contributed by atoms with Crippen molar-refractivity contribution in [1.29, 1.82) is 0 Å². The minimum atomic E-state index is 0.370. The summed E-state index contributed by atoms with van der Waals surface area (Å²) in [5.41, 5.74) is 6.26. The summed E-state index contributed by atoms with van der Waals surface area (Å²) in [6.45, 7) is 5.61. The molecule has 2 atom stereocenters. The number of hydrogen-bond donors (Lipinski definition) is 0. The third kappa shape index (κ3) is 4.16. The van der Waals surface area contributed by atoms with Crippen LogP contribution in [0.5, 0.6) is 11.5 Å². The van der Waals surface area contributed by atoms with E-state index in [1.54, 1.807) is 14.2 Å². The standard InChI is InChI=1S/C27H35N3O2/c1-29-12-14-30(15-13-29)18-19-8-10-20(11-9-19)27-23-17-26(32-3)25(31-2)16-22(23)21-6-4-5-7-24(21)28-27/h8-11,16-17,21,24H,4-7,12-15,18H2,1-3H3/t21-,24-/m1/s1. The summed E-state index contributed by atoms with van der Waals surface area (Å²) in [7, 11) is 5.64. The summed E-state index contributed by atoms with van der Waals surface area (Å²) >= 11 is 0. The maximum atomic E-state index is 5.64. The Morgan fingerprint density at radius 3 is 2.31 bits per heavy atom. The first-order chi connectivity index (χ1) is 15.7. The Morgan fingerprint density at radius 2 is 1.59 bits per heavy atom. The van der Waals surface area contributed by atoms with Gasteiger partial charge in [0.15, 0.2) is 11.5 Å². The molecule has 32 heavy (non-hydrogen) atoms. The van der Waals surface area contributed by atoms with Crippen LogP contribution in [0, 0.1) is 0 Å². The first kappa shape index (κ1) is 21.5. The summed E-state index contributed by atoms with van der Waals surface area (Å²) < 4.78 is 11.3. The fourth-order valence-electron chi connectivity index (χ4n) is 5.53. The molecule has 5 nitrogen and oxygen atoms in total. The summed E-state index contributed by atoms with van der Waals surface area (Å²) in [4.78, 5) is 10.3. The monoisotopic (exact) mass is 433 g/mol. The van der Waals surface area contributed by atoms with Crippen LogP contribution in [0.2, 0.25) is 0 Å². The molecule has 5 heteroatoms. The summed E-state index contributed by atoms with van der Waals surface area (Å²) in [5, 5.41) is 0. The maximum absolute atomic E-state index is 5.64. The molecule has 0 N–H and O–H groups in total. The Labute approximate surface area is 192 Å². The van der Waals surface area contributed by atoms with Crippen LogP contribution >= 0.6 is 0 Å². The molecule has 3 aliphatic rings. The Morgan fingerprint density at radius 1 is 0.906 bits per heavy atom. The molecular weight excluding hydrogens is 398 g/mol. The zero-order valence-electron chi connectivity index (χ0n) is 19.6.